The molecule has 0 atom stereocenters. The van der Waals surface area contributed by atoms with Gasteiger partial charge in [-0.15, -0.1) is 0 Å². The van der Waals surface area contributed by atoms with E-state index in [0.717, 1.165) is 13.1 Å². The molecule has 21 heavy (non-hydrogen) atoms. The van der Waals surface area contributed by atoms with Crippen LogP contribution in [0.3, 0.4) is 0 Å². The summed E-state index contributed by atoms with van der Waals surface area (Å²) in [5, 5.41) is 10.1. The van der Waals surface area contributed by atoms with Gasteiger partial charge >= 0.3 is 0 Å². The molecule has 1 amide bonds. The van der Waals surface area contributed by atoms with Gasteiger partial charge in [-0.3, -0.25) is 9.69 Å². The number of anilines is 1. The van der Waals surface area contributed by atoms with Crippen LogP contribution in [0.25, 0.3) is 0 Å². The predicted molar refractivity (Wildman–Crippen MR) is 82.3 cm³/mol. The third kappa shape index (κ3) is 4.30. The van der Waals surface area contributed by atoms with Crippen molar-refractivity contribution in [3.63, 3.8) is 0 Å². The van der Waals surface area contributed by atoms with Crippen LogP contribution in [0.5, 0.6) is 0 Å². The van der Waals surface area contributed by atoms with Crippen LogP contribution in [0.1, 0.15) is 24.2 Å². The van der Waals surface area contributed by atoms with Crippen molar-refractivity contribution in [1.29, 1.82) is 0 Å². The standard InChI is InChI=1S/C14H21ClN4O2/c1-14(2,21)9-18-3-5-19(6-4-18)13(20)10-7-12(15)17-8-11(10)16/h7-8,21H,3-6,9,16H2,1-2H3. The van der Waals surface area contributed by atoms with Crippen LogP contribution in [0.15, 0.2) is 12.3 Å². The molecule has 0 unspecified atom stereocenters. The van der Waals surface area contributed by atoms with Crippen LogP contribution in [-0.2, 0) is 0 Å². The van der Waals surface area contributed by atoms with E-state index in [2.05, 4.69) is 9.88 Å². The molecule has 1 aliphatic rings. The van der Waals surface area contributed by atoms with Crippen molar-refractivity contribution in [3.05, 3.63) is 23.0 Å². The van der Waals surface area contributed by atoms with Gasteiger partial charge in [0.15, 0.2) is 0 Å². The van der Waals surface area contributed by atoms with E-state index in [0.29, 0.717) is 30.9 Å². The summed E-state index contributed by atoms with van der Waals surface area (Å²) in [4.78, 5) is 20.2. The Morgan fingerprint density at radius 2 is 2.05 bits per heavy atom. The second-order valence-electron chi connectivity index (χ2n) is 5.98. The van der Waals surface area contributed by atoms with Crippen molar-refractivity contribution in [2.24, 2.45) is 0 Å². The summed E-state index contributed by atoms with van der Waals surface area (Å²) >= 11 is 5.82. The fourth-order valence-corrected chi connectivity index (χ4v) is 2.61. The second kappa shape index (κ2) is 6.17. The fourth-order valence-electron chi connectivity index (χ4n) is 2.45. The summed E-state index contributed by atoms with van der Waals surface area (Å²) in [6, 6.07) is 1.50. The molecule has 1 aromatic rings. The number of nitrogen functional groups attached to an aromatic ring is 1. The van der Waals surface area contributed by atoms with Crippen LogP contribution in [-0.4, -0.2) is 64.1 Å². The van der Waals surface area contributed by atoms with E-state index in [4.69, 9.17) is 17.3 Å². The minimum Gasteiger partial charge on any atom is -0.397 e. The maximum atomic E-state index is 12.5. The molecule has 1 aliphatic heterocycles. The van der Waals surface area contributed by atoms with Gasteiger partial charge in [0, 0.05) is 32.7 Å². The average molecular weight is 313 g/mol. The largest absolute Gasteiger partial charge is 0.397 e. The fraction of sp³-hybridized carbons (Fsp3) is 0.571. The Hall–Kier alpha value is -1.37. The number of pyridine rings is 1. The van der Waals surface area contributed by atoms with Gasteiger partial charge in [-0.25, -0.2) is 4.98 Å². The van der Waals surface area contributed by atoms with Crippen molar-refractivity contribution in [3.8, 4) is 0 Å². The molecule has 0 spiro atoms. The van der Waals surface area contributed by atoms with Gasteiger partial charge in [-0.2, -0.15) is 0 Å². The number of nitrogens with zero attached hydrogens (tertiary/aromatic N) is 3. The normalized spacial score (nSPS) is 17.0. The third-order valence-electron chi connectivity index (χ3n) is 3.40. The zero-order valence-corrected chi connectivity index (χ0v) is 13.1. The minimum absolute atomic E-state index is 0.125. The van der Waals surface area contributed by atoms with Crippen molar-refractivity contribution < 1.29 is 9.90 Å². The Kier molecular flexibility index (Phi) is 4.70. The highest BCUT2D eigenvalue weighted by molar-refractivity contribution is 6.29. The molecular formula is C14H21ClN4O2. The van der Waals surface area contributed by atoms with Gasteiger partial charge in [-0.05, 0) is 19.9 Å². The van der Waals surface area contributed by atoms with Crippen LogP contribution in [0, 0.1) is 0 Å². The number of halogens is 1. The molecule has 0 aromatic carbocycles. The van der Waals surface area contributed by atoms with Gasteiger partial charge in [0.1, 0.15) is 5.15 Å². The summed E-state index contributed by atoms with van der Waals surface area (Å²) in [5.41, 5.74) is 5.80. The van der Waals surface area contributed by atoms with E-state index in [1.54, 1.807) is 18.7 Å². The Labute approximate surface area is 129 Å². The number of aliphatic hydroxyl groups is 1. The highest BCUT2D eigenvalue weighted by atomic mass is 35.5. The summed E-state index contributed by atoms with van der Waals surface area (Å²) in [7, 11) is 0. The number of rotatable bonds is 3. The number of piperazine rings is 1. The highest BCUT2D eigenvalue weighted by Crippen LogP contribution is 2.18. The van der Waals surface area contributed by atoms with E-state index >= 15 is 0 Å². The van der Waals surface area contributed by atoms with E-state index in [9.17, 15) is 9.90 Å². The van der Waals surface area contributed by atoms with E-state index in [-0.39, 0.29) is 11.1 Å². The molecule has 0 saturated carbocycles. The first-order chi connectivity index (χ1) is 9.76. The van der Waals surface area contributed by atoms with Crippen LogP contribution in [0.2, 0.25) is 5.15 Å². The molecular weight excluding hydrogens is 292 g/mol. The Morgan fingerprint density at radius 1 is 1.43 bits per heavy atom. The molecule has 6 nitrogen and oxygen atoms in total. The number of carbonyl (C=O) groups is 1. The van der Waals surface area contributed by atoms with Gasteiger partial charge in [0.05, 0.1) is 23.0 Å². The van der Waals surface area contributed by atoms with Crippen molar-refractivity contribution in [1.82, 2.24) is 14.8 Å². The summed E-state index contributed by atoms with van der Waals surface area (Å²) < 4.78 is 0. The third-order valence-corrected chi connectivity index (χ3v) is 3.61. The summed E-state index contributed by atoms with van der Waals surface area (Å²) in [5.74, 6) is -0.125. The van der Waals surface area contributed by atoms with E-state index in [1.807, 2.05) is 0 Å². The predicted octanol–water partition coefficient (Wildman–Crippen LogP) is 0.846. The average Bonchev–Trinajstić information content (AvgIpc) is 2.40. The Morgan fingerprint density at radius 3 is 2.62 bits per heavy atom. The second-order valence-corrected chi connectivity index (χ2v) is 6.36. The first kappa shape index (κ1) is 16.0. The number of β-amino-alcohol motifs (C(OH)–C–C–N with tert-alkyl or cyclic N) is 1. The molecule has 0 radical (unpaired) electrons. The first-order valence-electron chi connectivity index (χ1n) is 6.91. The number of amides is 1. The summed E-state index contributed by atoms with van der Waals surface area (Å²) in [6.07, 6.45) is 1.40. The summed E-state index contributed by atoms with van der Waals surface area (Å²) in [6.45, 7) is 6.83. The molecule has 3 N–H and O–H groups in total. The SMILES string of the molecule is CC(C)(O)CN1CCN(C(=O)c2cc(Cl)ncc2N)CC1. The molecule has 2 rings (SSSR count). The van der Waals surface area contributed by atoms with Crippen LogP contribution < -0.4 is 5.73 Å². The smallest absolute Gasteiger partial charge is 0.256 e. The van der Waals surface area contributed by atoms with Crippen LogP contribution in [0.4, 0.5) is 5.69 Å². The van der Waals surface area contributed by atoms with Gasteiger partial charge < -0.3 is 15.7 Å². The van der Waals surface area contributed by atoms with E-state index < -0.39 is 5.60 Å². The topological polar surface area (TPSA) is 82.7 Å². The zero-order chi connectivity index (χ0) is 15.6. The lowest BCUT2D eigenvalue weighted by Gasteiger charge is -2.37. The first-order valence-corrected chi connectivity index (χ1v) is 7.29. The monoisotopic (exact) mass is 312 g/mol. The Balaban J connectivity index is 1.99. The van der Waals surface area contributed by atoms with Gasteiger partial charge in [0.25, 0.3) is 5.91 Å². The molecule has 2 heterocycles. The lowest BCUT2D eigenvalue weighted by atomic mass is 10.1. The minimum atomic E-state index is -0.727. The van der Waals surface area contributed by atoms with Crippen molar-refractivity contribution >= 4 is 23.2 Å². The zero-order valence-electron chi connectivity index (χ0n) is 12.3. The van der Waals surface area contributed by atoms with Crippen molar-refractivity contribution in [2.45, 2.75) is 19.4 Å². The highest BCUT2D eigenvalue weighted by Gasteiger charge is 2.26. The number of aromatic nitrogens is 1. The maximum absolute atomic E-state index is 12.5. The number of hydrogen-bond donors (Lipinski definition) is 2. The van der Waals surface area contributed by atoms with Gasteiger partial charge in [-0.1, -0.05) is 11.6 Å². The molecule has 0 aliphatic carbocycles. The molecule has 1 aromatic heterocycles. The molecule has 1 saturated heterocycles. The molecule has 1 fully saturated rings. The maximum Gasteiger partial charge on any atom is 0.256 e. The van der Waals surface area contributed by atoms with E-state index in [1.165, 1.54) is 12.3 Å². The molecule has 116 valence electrons. The number of hydrogen-bond acceptors (Lipinski definition) is 5. The molecule has 7 heteroatoms. The lowest BCUT2D eigenvalue weighted by Crippen LogP contribution is -2.52. The number of carbonyl (C=O) groups excluding carboxylic acids is 1. The Bertz CT molecular complexity index is 522. The van der Waals surface area contributed by atoms with Gasteiger partial charge in [0.2, 0.25) is 0 Å². The molecule has 0 bridgehead atoms. The van der Waals surface area contributed by atoms with Crippen LogP contribution >= 0.6 is 11.6 Å². The lowest BCUT2D eigenvalue weighted by molar-refractivity contribution is 0.0179. The van der Waals surface area contributed by atoms with Crippen molar-refractivity contribution in [2.75, 3.05) is 38.5 Å². The quantitative estimate of drug-likeness (QED) is 0.808. The number of nitrogens with two attached hydrogens (primary N) is 1.